The van der Waals surface area contributed by atoms with E-state index in [0.29, 0.717) is 13.1 Å². The van der Waals surface area contributed by atoms with E-state index in [1.807, 2.05) is 24.3 Å². The lowest BCUT2D eigenvalue weighted by molar-refractivity contribution is 0.0602. The molecule has 1 saturated heterocycles. The van der Waals surface area contributed by atoms with Crippen LogP contribution in [0, 0.1) is 0 Å². The maximum Gasteiger partial charge on any atom is 0.349 e. The van der Waals surface area contributed by atoms with Gasteiger partial charge in [-0.15, -0.1) is 11.3 Å². The van der Waals surface area contributed by atoms with Crippen LogP contribution in [0.3, 0.4) is 0 Å². The van der Waals surface area contributed by atoms with E-state index < -0.39 is 16.0 Å². The number of esters is 1. The summed E-state index contributed by atoms with van der Waals surface area (Å²) in [5, 5.41) is 0. The van der Waals surface area contributed by atoms with E-state index in [9.17, 15) is 13.2 Å². The van der Waals surface area contributed by atoms with Gasteiger partial charge in [-0.2, -0.15) is 4.31 Å². The van der Waals surface area contributed by atoms with Crippen molar-refractivity contribution in [2.75, 3.05) is 45.3 Å². The molecule has 27 heavy (non-hydrogen) atoms. The van der Waals surface area contributed by atoms with Crippen molar-refractivity contribution in [1.29, 1.82) is 0 Å². The van der Waals surface area contributed by atoms with Gasteiger partial charge in [0.2, 0.25) is 10.0 Å². The summed E-state index contributed by atoms with van der Waals surface area (Å²) in [6.07, 6.45) is 0. The molecule has 2 heterocycles. The highest BCUT2D eigenvalue weighted by atomic mass is 35.5. The number of hydrogen-bond donors (Lipinski definition) is 0. The van der Waals surface area contributed by atoms with Crippen LogP contribution < -0.4 is 9.64 Å². The number of hydrogen-bond acceptors (Lipinski definition) is 7. The molecule has 1 aliphatic rings. The number of halogens is 1. The third kappa shape index (κ3) is 3.91. The first-order chi connectivity index (χ1) is 12.9. The van der Waals surface area contributed by atoms with Crippen LogP contribution in [0.4, 0.5) is 5.69 Å². The summed E-state index contributed by atoms with van der Waals surface area (Å²) in [5.41, 5.74) is 0.922. The fourth-order valence-corrected chi connectivity index (χ4v) is 6.10. The molecule has 3 rings (SSSR count). The first-order valence-electron chi connectivity index (χ1n) is 8.14. The van der Waals surface area contributed by atoms with Gasteiger partial charge in [0.15, 0.2) is 0 Å². The molecule has 1 aromatic heterocycles. The second kappa shape index (κ2) is 8.05. The molecule has 1 aromatic carbocycles. The Balaban J connectivity index is 1.81. The van der Waals surface area contributed by atoms with Gasteiger partial charge in [0.25, 0.3) is 0 Å². The van der Waals surface area contributed by atoms with Crippen molar-refractivity contribution in [3.8, 4) is 5.75 Å². The summed E-state index contributed by atoms with van der Waals surface area (Å²) in [6.45, 7) is 1.58. The van der Waals surface area contributed by atoms with Crippen molar-refractivity contribution < 1.29 is 22.7 Å². The second-order valence-electron chi connectivity index (χ2n) is 5.80. The Morgan fingerprint density at radius 1 is 1.15 bits per heavy atom. The van der Waals surface area contributed by atoms with Crippen LogP contribution in [-0.2, 0) is 14.8 Å². The Labute approximate surface area is 167 Å². The van der Waals surface area contributed by atoms with Crippen molar-refractivity contribution in [1.82, 2.24) is 4.31 Å². The van der Waals surface area contributed by atoms with Crippen molar-refractivity contribution in [3.63, 3.8) is 0 Å². The van der Waals surface area contributed by atoms with E-state index in [0.717, 1.165) is 22.8 Å². The summed E-state index contributed by atoms with van der Waals surface area (Å²) in [4.78, 5) is 13.9. The highest BCUT2D eigenvalue weighted by Gasteiger charge is 2.34. The summed E-state index contributed by atoms with van der Waals surface area (Å²) in [7, 11) is -1.04. The lowest BCUT2D eigenvalue weighted by atomic mass is 10.2. The zero-order valence-electron chi connectivity index (χ0n) is 14.8. The number of benzene rings is 1. The number of piperazine rings is 1. The maximum absolute atomic E-state index is 13.0. The third-order valence-corrected chi connectivity index (χ3v) is 7.62. The summed E-state index contributed by atoms with van der Waals surface area (Å²) < 4.78 is 37.7. The number of thiophene rings is 1. The molecule has 0 spiro atoms. The summed E-state index contributed by atoms with van der Waals surface area (Å²) in [5.74, 6) is 0.0320. The molecule has 0 aliphatic carbocycles. The lowest BCUT2D eigenvalue weighted by Gasteiger charge is -2.35. The SMILES string of the molecule is COC(=O)c1sc(Cl)cc1S(=O)(=O)N1CCN(c2ccccc2OC)CC1. The van der Waals surface area contributed by atoms with Crippen LogP contribution >= 0.6 is 22.9 Å². The summed E-state index contributed by atoms with van der Waals surface area (Å²) >= 11 is 6.85. The molecule has 1 aliphatic heterocycles. The Hall–Kier alpha value is -1.81. The van der Waals surface area contributed by atoms with Crippen LogP contribution in [0.1, 0.15) is 9.67 Å². The van der Waals surface area contributed by atoms with E-state index in [1.54, 1.807) is 7.11 Å². The minimum absolute atomic E-state index is 0.00495. The predicted molar refractivity (Wildman–Crippen MR) is 105 cm³/mol. The highest BCUT2D eigenvalue weighted by molar-refractivity contribution is 7.89. The van der Waals surface area contributed by atoms with Crippen molar-refractivity contribution in [3.05, 3.63) is 39.5 Å². The zero-order valence-corrected chi connectivity index (χ0v) is 17.2. The fourth-order valence-electron chi connectivity index (χ4n) is 2.97. The normalized spacial score (nSPS) is 15.6. The minimum Gasteiger partial charge on any atom is -0.495 e. The van der Waals surface area contributed by atoms with E-state index >= 15 is 0 Å². The first kappa shape index (κ1) is 19.9. The van der Waals surface area contributed by atoms with E-state index in [-0.39, 0.29) is 27.2 Å². The Morgan fingerprint density at radius 2 is 1.81 bits per heavy atom. The van der Waals surface area contributed by atoms with Crippen LogP contribution in [0.5, 0.6) is 5.75 Å². The van der Waals surface area contributed by atoms with Gasteiger partial charge in [-0.25, -0.2) is 13.2 Å². The van der Waals surface area contributed by atoms with Gasteiger partial charge in [-0.05, 0) is 18.2 Å². The average molecular weight is 431 g/mol. The molecule has 0 saturated carbocycles. The van der Waals surface area contributed by atoms with Crippen LogP contribution in [-0.4, -0.2) is 59.1 Å². The third-order valence-electron chi connectivity index (χ3n) is 4.32. The number of nitrogens with zero attached hydrogens (tertiary/aromatic N) is 2. The molecule has 2 aromatic rings. The smallest absolute Gasteiger partial charge is 0.349 e. The molecule has 0 amide bonds. The number of carbonyl (C=O) groups excluding carboxylic acids is 1. The highest BCUT2D eigenvalue weighted by Crippen LogP contribution is 2.34. The molecular weight excluding hydrogens is 412 g/mol. The van der Waals surface area contributed by atoms with Gasteiger partial charge < -0.3 is 14.4 Å². The molecule has 7 nitrogen and oxygen atoms in total. The van der Waals surface area contributed by atoms with Gasteiger partial charge in [0.1, 0.15) is 15.5 Å². The number of anilines is 1. The standard InChI is InChI=1S/C17H19ClN2O5S2/c1-24-13-6-4-3-5-12(13)19-7-9-20(10-8-19)27(22,23)14-11-15(18)26-16(14)17(21)25-2/h3-6,11H,7-10H2,1-2H3. The number of sulfonamides is 1. The van der Waals surface area contributed by atoms with Crippen molar-refractivity contribution >= 4 is 44.6 Å². The number of carbonyl (C=O) groups is 1. The Kier molecular flexibility index (Phi) is 5.95. The lowest BCUT2D eigenvalue weighted by Crippen LogP contribution is -2.48. The Morgan fingerprint density at radius 3 is 2.44 bits per heavy atom. The summed E-state index contributed by atoms with van der Waals surface area (Å²) in [6, 6.07) is 8.92. The molecule has 1 fully saturated rings. The molecule has 146 valence electrons. The zero-order chi connectivity index (χ0) is 19.6. The largest absolute Gasteiger partial charge is 0.495 e. The predicted octanol–water partition coefficient (Wildman–Crippen LogP) is 2.71. The second-order valence-corrected chi connectivity index (χ2v) is 9.39. The van der Waals surface area contributed by atoms with Gasteiger partial charge in [-0.3, -0.25) is 0 Å². The van der Waals surface area contributed by atoms with Gasteiger partial charge in [0, 0.05) is 26.2 Å². The van der Waals surface area contributed by atoms with Gasteiger partial charge in [0.05, 0.1) is 24.2 Å². The fraction of sp³-hybridized carbons (Fsp3) is 0.353. The molecular formula is C17H19ClN2O5S2. The first-order valence-corrected chi connectivity index (χ1v) is 10.8. The van der Waals surface area contributed by atoms with Crippen molar-refractivity contribution in [2.24, 2.45) is 0 Å². The molecule has 10 heteroatoms. The monoisotopic (exact) mass is 430 g/mol. The van der Waals surface area contributed by atoms with Crippen LogP contribution in [0.25, 0.3) is 0 Å². The van der Waals surface area contributed by atoms with E-state index in [1.165, 1.54) is 17.5 Å². The van der Waals surface area contributed by atoms with E-state index in [4.69, 9.17) is 16.3 Å². The molecule has 0 N–H and O–H groups in total. The number of para-hydroxylation sites is 2. The topological polar surface area (TPSA) is 76.2 Å². The van der Waals surface area contributed by atoms with Gasteiger partial charge >= 0.3 is 5.97 Å². The molecule has 0 bridgehead atoms. The quantitative estimate of drug-likeness (QED) is 0.679. The average Bonchev–Trinajstić information content (AvgIpc) is 3.10. The number of ether oxygens (including phenoxy) is 2. The number of methoxy groups -OCH3 is 2. The van der Waals surface area contributed by atoms with Crippen molar-refractivity contribution in [2.45, 2.75) is 4.90 Å². The van der Waals surface area contributed by atoms with Crippen LogP contribution in [0.2, 0.25) is 4.34 Å². The maximum atomic E-state index is 13.0. The van der Waals surface area contributed by atoms with Crippen LogP contribution in [0.15, 0.2) is 35.2 Å². The Bertz CT molecular complexity index is 937. The number of rotatable bonds is 5. The molecule has 0 unspecified atom stereocenters. The van der Waals surface area contributed by atoms with E-state index in [2.05, 4.69) is 9.64 Å². The molecule has 0 radical (unpaired) electrons. The molecule has 0 atom stereocenters. The minimum atomic E-state index is -3.85. The van der Waals surface area contributed by atoms with Gasteiger partial charge in [-0.1, -0.05) is 23.7 Å².